The molecule has 4 unspecified atom stereocenters. The minimum absolute atomic E-state index is 0.0213. The summed E-state index contributed by atoms with van der Waals surface area (Å²) in [7, 11) is 2.18. The number of benzene rings is 2. The van der Waals surface area contributed by atoms with Crippen molar-refractivity contribution in [1.29, 1.82) is 0 Å². The van der Waals surface area contributed by atoms with Crippen LogP contribution in [0.1, 0.15) is 30.4 Å². The first-order chi connectivity index (χ1) is 12.7. The SMILES string of the molecule is CN1C2CCC1C(C(=O)OCc1ccccc1)C(Cc1ccccc1)C2. The van der Waals surface area contributed by atoms with Crippen molar-refractivity contribution in [2.24, 2.45) is 11.8 Å². The van der Waals surface area contributed by atoms with E-state index in [1.54, 1.807) is 0 Å². The van der Waals surface area contributed by atoms with Crippen LogP contribution < -0.4 is 0 Å². The van der Waals surface area contributed by atoms with Gasteiger partial charge in [-0.05, 0) is 49.8 Å². The number of ether oxygens (including phenoxy) is 1. The van der Waals surface area contributed by atoms with Crippen molar-refractivity contribution in [3.63, 3.8) is 0 Å². The van der Waals surface area contributed by atoms with Crippen LogP contribution in [0, 0.1) is 11.8 Å². The average molecular weight is 349 g/mol. The number of rotatable bonds is 5. The quantitative estimate of drug-likeness (QED) is 0.762. The smallest absolute Gasteiger partial charge is 0.311 e. The van der Waals surface area contributed by atoms with Gasteiger partial charge in [0, 0.05) is 12.1 Å². The summed E-state index contributed by atoms with van der Waals surface area (Å²) in [6.45, 7) is 0.369. The largest absolute Gasteiger partial charge is 0.461 e. The van der Waals surface area contributed by atoms with Crippen LogP contribution in [-0.4, -0.2) is 30.0 Å². The van der Waals surface area contributed by atoms with Gasteiger partial charge in [-0.3, -0.25) is 9.69 Å². The fourth-order valence-corrected chi connectivity index (χ4v) is 4.87. The van der Waals surface area contributed by atoms with Crippen LogP contribution in [0.25, 0.3) is 0 Å². The maximum absolute atomic E-state index is 13.1. The van der Waals surface area contributed by atoms with Gasteiger partial charge in [0.15, 0.2) is 0 Å². The second kappa shape index (κ2) is 7.63. The Morgan fingerprint density at radius 1 is 1.00 bits per heavy atom. The highest BCUT2D eigenvalue weighted by Gasteiger charge is 2.49. The molecule has 0 N–H and O–H groups in total. The molecule has 2 bridgehead atoms. The number of carbonyl (C=O) groups is 1. The van der Waals surface area contributed by atoms with Crippen molar-refractivity contribution in [2.45, 2.75) is 44.4 Å². The summed E-state index contributed by atoms with van der Waals surface area (Å²) in [5.41, 5.74) is 2.37. The molecule has 2 saturated heterocycles. The molecule has 0 spiro atoms. The highest BCUT2D eigenvalue weighted by Crippen LogP contribution is 2.43. The Labute approximate surface area is 156 Å². The van der Waals surface area contributed by atoms with E-state index in [-0.39, 0.29) is 11.9 Å². The first kappa shape index (κ1) is 17.3. The lowest BCUT2D eigenvalue weighted by Gasteiger charge is -2.41. The number of esters is 1. The Kier molecular flexibility index (Phi) is 5.07. The van der Waals surface area contributed by atoms with Crippen LogP contribution in [0.15, 0.2) is 60.7 Å². The molecule has 0 aromatic heterocycles. The summed E-state index contributed by atoms with van der Waals surface area (Å²) < 4.78 is 5.77. The number of fused-ring (bicyclic) bond motifs is 2. The highest BCUT2D eigenvalue weighted by molar-refractivity contribution is 5.74. The zero-order valence-corrected chi connectivity index (χ0v) is 15.4. The van der Waals surface area contributed by atoms with Crippen molar-refractivity contribution in [2.75, 3.05) is 7.05 Å². The molecule has 4 rings (SSSR count). The van der Waals surface area contributed by atoms with Crippen LogP contribution in [-0.2, 0) is 22.6 Å². The third kappa shape index (κ3) is 3.54. The Morgan fingerprint density at radius 2 is 1.65 bits per heavy atom. The number of hydrogen-bond acceptors (Lipinski definition) is 3. The number of piperidine rings is 1. The topological polar surface area (TPSA) is 29.5 Å². The molecule has 3 nitrogen and oxygen atoms in total. The molecule has 2 heterocycles. The Hall–Kier alpha value is -2.13. The predicted octanol–water partition coefficient (Wildman–Crippen LogP) is 4.07. The third-order valence-electron chi connectivity index (χ3n) is 6.23. The second-order valence-corrected chi connectivity index (χ2v) is 7.77. The lowest BCUT2D eigenvalue weighted by atomic mass is 9.77. The fraction of sp³-hybridized carbons (Fsp3) is 0.435. The maximum Gasteiger partial charge on any atom is 0.311 e. The zero-order chi connectivity index (χ0) is 17.9. The van der Waals surface area contributed by atoms with Gasteiger partial charge >= 0.3 is 5.97 Å². The minimum atomic E-state index is -0.0253. The number of hydrogen-bond donors (Lipinski definition) is 0. The van der Waals surface area contributed by atoms with Crippen molar-refractivity contribution < 1.29 is 9.53 Å². The molecule has 136 valence electrons. The van der Waals surface area contributed by atoms with Crippen LogP contribution in [0.3, 0.4) is 0 Å². The first-order valence-electron chi connectivity index (χ1n) is 9.69. The summed E-state index contributed by atoms with van der Waals surface area (Å²) in [4.78, 5) is 15.5. The van der Waals surface area contributed by atoms with Crippen LogP contribution >= 0.6 is 0 Å². The molecule has 0 aliphatic carbocycles. The maximum atomic E-state index is 13.1. The molecular formula is C23H27NO2. The van der Waals surface area contributed by atoms with Gasteiger partial charge in [0.1, 0.15) is 6.61 Å². The molecule has 0 radical (unpaired) electrons. The van der Waals surface area contributed by atoms with E-state index in [1.807, 2.05) is 36.4 Å². The van der Waals surface area contributed by atoms with Gasteiger partial charge in [-0.15, -0.1) is 0 Å². The van der Waals surface area contributed by atoms with E-state index in [0.717, 1.165) is 24.8 Å². The molecule has 2 aliphatic heterocycles. The molecule has 2 aliphatic rings. The molecule has 2 aromatic carbocycles. The van der Waals surface area contributed by atoms with E-state index >= 15 is 0 Å². The van der Waals surface area contributed by atoms with Crippen LogP contribution in [0.2, 0.25) is 0 Å². The summed E-state index contributed by atoms with van der Waals surface area (Å²) in [5.74, 6) is 0.323. The molecule has 2 fully saturated rings. The van der Waals surface area contributed by atoms with Gasteiger partial charge in [0.2, 0.25) is 0 Å². The fourth-order valence-electron chi connectivity index (χ4n) is 4.87. The van der Waals surface area contributed by atoms with Crippen LogP contribution in [0.4, 0.5) is 0 Å². The van der Waals surface area contributed by atoms with E-state index in [0.29, 0.717) is 24.6 Å². The third-order valence-corrected chi connectivity index (χ3v) is 6.23. The monoisotopic (exact) mass is 349 g/mol. The molecule has 2 aromatic rings. The van der Waals surface area contributed by atoms with Crippen molar-refractivity contribution in [3.8, 4) is 0 Å². The average Bonchev–Trinajstić information content (AvgIpc) is 2.91. The van der Waals surface area contributed by atoms with Gasteiger partial charge in [-0.2, -0.15) is 0 Å². The Morgan fingerprint density at radius 3 is 2.35 bits per heavy atom. The van der Waals surface area contributed by atoms with E-state index in [4.69, 9.17) is 4.74 Å². The molecule has 3 heteroatoms. The highest BCUT2D eigenvalue weighted by atomic mass is 16.5. The standard InChI is InChI=1S/C23H27NO2/c1-24-20-12-13-21(24)22(19(15-20)14-17-8-4-2-5-9-17)23(25)26-16-18-10-6-3-7-11-18/h2-11,19-22H,12-16H2,1H3. The van der Waals surface area contributed by atoms with Gasteiger partial charge in [0.05, 0.1) is 5.92 Å². The van der Waals surface area contributed by atoms with E-state index < -0.39 is 0 Å². The zero-order valence-electron chi connectivity index (χ0n) is 15.4. The summed E-state index contributed by atoms with van der Waals surface area (Å²) in [6, 6.07) is 21.5. The lowest BCUT2D eigenvalue weighted by molar-refractivity contribution is -0.156. The van der Waals surface area contributed by atoms with E-state index in [9.17, 15) is 4.79 Å². The van der Waals surface area contributed by atoms with E-state index in [2.05, 4.69) is 36.2 Å². The number of nitrogens with zero attached hydrogens (tertiary/aromatic N) is 1. The predicted molar refractivity (Wildman–Crippen MR) is 103 cm³/mol. The van der Waals surface area contributed by atoms with Gasteiger partial charge < -0.3 is 4.74 Å². The molecule has 0 amide bonds. The molecule has 4 atom stereocenters. The molecular weight excluding hydrogens is 322 g/mol. The van der Waals surface area contributed by atoms with Crippen molar-refractivity contribution >= 4 is 5.97 Å². The molecule has 0 saturated carbocycles. The van der Waals surface area contributed by atoms with Crippen molar-refractivity contribution in [1.82, 2.24) is 4.90 Å². The van der Waals surface area contributed by atoms with Crippen LogP contribution in [0.5, 0.6) is 0 Å². The summed E-state index contributed by atoms with van der Waals surface area (Å²) >= 11 is 0. The minimum Gasteiger partial charge on any atom is -0.461 e. The van der Waals surface area contributed by atoms with Gasteiger partial charge in [-0.25, -0.2) is 0 Å². The summed E-state index contributed by atoms with van der Waals surface area (Å²) in [5, 5.41) is 0. The normalized spacial score (nSPS) is 28.0. The Bertz CT molecular complexity index is 730. The lowest BCUT2D eigenvalue weighted by Crippen LogP contribution is -2.50. The van der Waals surface area contributed by atoms with E-state index in [1.165, 1.54) is 12.0 Å². The first-order valence-corrected chi connectivity index (χ1v) is 9.69. The number of carbonyl (C=O) groups excluding carboxylic acids is 1. The van der Waals surface area contributed by atoms with Crippen molar-refractivity contribution in [3.05, 3.63) is 71.8 Å². The molecule has 26 heavy (non-hydrogen) atoms. The Balaban J connectivity index is 1.50. The summed E-state index contributed by atoms with van der Waals surface area (Å²) in [6.07, 6.45) is 4.37. The second-order valence-electron chi connectivity index (χ2n) is 7.77. The van der Waals surface area contributed by atoms with Gasteiger partial charge in [0.25, 0.3) is 0 Å². The van der Waals surface area contributed by atoms with Gasteiger partial charge in [-0.1, -0.05) is 60.7 Å².